The quantitative estimate of drug-likeness (QED) is 0.256. The van der Waals surface area contributed by atoms with Crippen molar-refractivity contribution in [2.24, 2.45) is 5.92 Å². The van der Waals surface area contributed by atoms with E-state index < -0.39 is 29.6 Å². The molecule has 0 radical (unpaired) electrons. The second-order valence-corrected chi connectivity index (χ2v) is 14.7. The maximum absolute atomic E-state index is 13.7. The van der Waals surface area contributed by atoms with Crippen molar-refractivity contribution in [1.29, 1.82) is 0 Å². The van der Waals surface area contributed by atoms with Gasteiger partial charge in [-0.25, -0.2) is 4.79 Å². The maximum atomic E-state index is 13.7. The number of aromatic nitrogens is 1. The SMILES string of the molecule is COc1ccc(C(CC(=O)NCCC(=O)N2C[C@H]3C[C@@H](C2)c2cccc(=O)n2C3)c2c(O)cc3c(c2O)C(=O)O[C@@H](C)CCCC(=O)CCCC=C3)cc1. The second kappa shape index (κ2) is 17.2. The Labute approximate surface area is 314 Å². The maximum Gasteiger partial charge on any atom is 0.342 e. The third-order valence-electron chi connectivity index (χ3n) is 10.8. The van der Waals surface area contributed by atoms with Gasteiger partial charge < -0.3 is 34.5 Å². The lowest BCUT2D eigenvalue weighted by atomic mass is 9.83. The number of phenolic OH excluding ortho intramolecular Hbond substituents is 2. The normalized spacial score (nSPS) is 20.9. The first kappa shape index (κ1) is 38.3. The molecule has 3 aromatic rings. The fourth-order valence-corrected chi connectivity index (χ4v) is 8.07. The van der Waals surface area contributed by atoms with E-state index in [2.05, 4.69) is 5.32 Å². The van der Waals surface area contributed by atoms with E-state index in [-0.39, 0.29) is 70.9 Å². The number of aromatic hydroxyl groups is 2. The number of pyridine rings is 1. The first-order valence-corrected chi connectivity index (χ1v) is 18.9. The number of hydrogen-bond donors (Lipinski definition) is 3. The summed E-state index contributed by atoms with van der Waals surface area (Å²) in [7, 11) is 1.53. The van der Waals surface area contributed by atoms with Gasteiger partial charge in [0.1, 0.15) is 28.6 Å². The van der Waals surface area contributed by atoms with E-state index in [4.69, 9.17) is 9.47 Å². The van der Waals surface area contributed by atoms with Crippen LogP contribution in [0.4, 0.5) is 0 Å². The Morgan fingerprint density at radius 2 is 1.80 bits per heavy atom. The molecule has 3 aliphatic rings. The molecule has 0 saturated carbocycles. The Morgan fingerprint density at radius 3 is 2.57 bits per heavy atom. The number of allylic oxidation sites excluding steroid dienone is 1. The number of esters is 1. The van der Waals surface area contributed by atoms with Gasteiger partial charge in [0.25, 0.3) is 5.56 Å². The Kier molecular flexibility index (Phi) is 12.2. The lowest BCUT2D eigenvalue weighted by Crippen LogP contribution is -2.49. The highest BCUT2D eigenvalue weighted by Crippen LogP contribution is 2.44. The Morgan fingerprint density at radius 1 is 1.02 bits per heavy atom. The zero-order valence-electron chi connectivity index (χ0n) is 30.9. The van der Waals surface area contributed by atoms with E-state index in [0.717, 1.165) is 12.1 Å². The Hall–Kier alpha value is -5.39. The Balaban J connectivity index is 1.21. The largest absolute Gasteiger partial charge is 0.507 e. The third-order valence-corrected chi connectivity index (χ3v) is 10.8. The predicted molar refractivity (Wildman–Crippen MR) is 202 cm³/mol. The molecular formula is C42H49N3O9. The van der Waals surface area contributed by atoms with Crippen LogP contribution < -0.4 is 15.6 Å². The van der Waals surface area contributed by atoms with E-state index in [1.807, 2.05) is 15.5 Å². The van der Waals surface area contributed by atoms with Crippen LogP contribution in [0, 0.1) is 5.92 Å². The summed E-state index contributed by atoms with van der Waals surface area (Å²) in [5.74, 6) is -1.98. The van der Waals surface area contributed by atoms with Gasteiger partial charge in [-0.3, -0.25) is 19.2 Å². The summed E-state index contributed by atoms with van der Waals surface area (Å²) in [6, 6.07) is 13.5. The van der Waals surface area contributed by atoms with E-state index in [0.29, 0.717) is 69.5 Å². The smallest absolute Gasteiger partial charge is 0.342 e. The number of amides is 2. The number of phenols is 2. The van der Waals surface area contributed by atoms with Crippen molar-refractivity contribution in [3.63, 3.8) is 0 Å². The van der Waals surface area contributed by atoms with Crippen molar-refractivity contribution in [1.82, 2.24) is 14.8 Å². The van der Waals surface area contributed by atoms with Gasteiger partial charge >= 0.3 is 5.97 Å². The van der Waals surface area contributed by atoms with Crippen LogP contribution in [-0.2, 0) is 25.7 Å². The highest BCUT2D eigenvalue weighted by molar-refractivity contribution is 5.98. The Bertz CT molecular complexity index is 1970. The fraction of sp³-hybridized carbons (Fsp3) is 0.452. The average molecular weight is 740 g/mol. The number of hydrogen-bond acceptors (Lipinski definition) is 9. The molecule has 12 nitrogen and oxygen atoms in total. The van der Waals surface area contributed by atoms with Crippen LogP contribution in [0.5, 0.6) is 17.2 Å². The van der Waals surface area contributed by atoms with Gasteiger partial charge in [-0.05, 0) is 80.3 Å². The minimum Gasteiger partial charge on any atom is -0.507 e. The fourth-order valence-electron chi connectivity index (χ4n) is 8.07. The summed E-state index contributed by atoms with van der Waals surface area (Å²) in [6.07, 6.45) is 6.77. The average Bonchev–Trinajstić information content (AvgIpc) is 3.14. The van der Waals surface area contributed by atoms with Crippen molar-refractivity contribution in [2.75, 3.05) is 26.7 Å². The molecule has 1 fully saturated rings. The number of nitrogens with one attached hydrogen (secondary N) is 1. The number of ether oxygens (including phenoxy) is 2. The lowest BCUT2D eigenvalue weighted by Gasteiger charge is -2.42. The molecule has 1 saturated heterocycles. The van der Waals surface area contributed by atoms with Crippen LogP contribution in [0.15, 0.2) is 59.4 Å². The molecule has 0 aliphatic carbocycles. The zero-order chi connectivity index (χ0) is 38.4. The number of cyclic esters (lactones) is 1. The second-order valence-electron chi connectivity index (χ2n) is 14.7. The van der Waals surface area contributed by atoms with Crippen molar-refractivity contribution in [3.05, 3.63) is 92.9 Å². The van der Waals surface area contributed by atoms with E-state index in [9.17, 15) is 34.2 Å². The highest BCUT2D eigenvalue weighted by atomic mass is 16.5. The highest BCUT2D eigenvalue weighted by Gasteiger charge is 2.36. The molecule has 1 unspecified atom stereocenters. The number of benzene rings is 2. The summed E-state index contributed by atoms with van der Waals surface area (Å²) in [5, 5.41) is 26.1. The lowest BCUT2D eigenvalue weighted by molar-refractivity contribution is -0.134. The van der Waals surface area contributed by atoms with Gasteiger partial charge in [0.15, 0.2) is 0 Å². The molecule has 12 heteroatoms. The van der Waals surface area contributed by atoms with Crippen LogP contribution in [0.3, 0.4) is 0 Å². The summed E-state index contributed by atoms with van der Waals surface area (Å²) in [5.41, 5.74) is 1.64. The van der Waals surface area contributed by atoms with Gasteiger partial charge in [0, 0.05) is 81.0 Å². The molecule has 2 aromatic carbocycles. The van der Waals surface area contributed by atoms with Crippen LogP contribution in [0.2, 0.25) is 0 Å². The molecule has 0 spiro atoms. The molecule has 2 bridgehead atoms. The summed E-state index contributed by atoms with van der Waals surface area (Å²) >= 11 is 0. The van der Waals surface area contributed by atoms with E-state index in [1.165, 1.54) is 13.2 Å². The predicted octanol–water partition coefficient (Wildman–Crippen LogP) is 5.42. The number of rotatable bonds is 8. The number of fused-ring (bicyclic) bond motifs is 5. The van der Waals surface area contributed by atoms with Crippen molar-refractivity contribution >= 4 is 29.6 Å². The third kappa shape index (κ3) is 8.86. The first-order valence-electron chi connectivity index (χ1n) is 18.9. The number of carbonyl (C=O) groups excluding carboxylic acids is 4. The van der Waals surface area contributed by atoms with Gasteiger partial charge in [0.05, 0.1) is 13.2 Å². The molecule has 286 valence electrons. The molecule has 3 aliphatic heterocycles. The summed E-state index contributed by atoms with van der Waals surface area (Å²) in [6.45, 7) is 3.46. The van der Waals surface area contributed by atoms with Crippen LogP contribution in [0.1, 0.15) is 109 Å². The molecule has 3 N–H and O–H groups in total. The van der Waals surface area contributed by atoms with Gasteiger partial charge in [-0.1, -0.05) is 30.4 Å². The number of carbonyl (C=O) groups is 4. The monoisotopic (exact) mass is 739 g/mol. The van der Waals surface area contributed by atoms with Gasteiger partial charge in [0.2, 0.25) is 11.8 Å². The van der Waals surface area contributed by atoms with E-state index >= 15 is 0 Å². The van der Waals surface area contributed by atoms with Crippen molar-refractivity contribution in [2.45, 2.75) is 89.2 Å². The molecule has 6 rings (SSSR count). The van der Waals surface area contributed by atoms with Crippen molar-refractivity contribution in [3.8, 4) is 17.2 Å². The summed E-state index contributed by atoms with van der Waals surface area (Å²) < 4.78 is 12.9. The number of nitrogens with zero attached hydrogens (tertiary/aromatic N) is 2. The molecule has 2 amide bonds. The molecule has 4 heterocycles. The van der Waals surface area contributed by atoms with Gasteiger partial charge in [-0.15, -0.1) is 0 Å². The number of likely N-dealkylation sites (tertiary alicyclic amines) is 1. The summed E-state index contributed by atoms with van der Waals surface area (Å²) in [4.78, 5) is 67.0. The topological polar surface area (TPSA) is 164 Å². The molecular weight excluding hydrogens is 690 g/mol. The standard InChI is InChI=1S/C42H49N3O9/c1-26-8-6-11-31(46)10-5-3-4-9-29-21-35(47)40(41(51)39(29)42(52)54-26)33(28-14-16-32(53-2)17-15-28)22-36(48)43-19-18-37(49)44-23-27-20-30(25-44)34-12-7-13-38(50)45(34)24-27/h4,7,9,12-17,21,26-27,30,33,47,51H,3,5-6,8,10-11,18-20,22-25H2,1-2H3,(H,43,48)/t26-,27+,30-,33?/m0/s1. The zero-order valence-corrected chi connectivity index (χ0v) is 30.9. The van der Waals surface area contributed by atoms with E-state index in [1.54, 1.807) is 55.5 Å². The molecule has 4 atom stereocenters. The molecule has 1 aromatic heterocycles. The van der Waals surface area contributed by atoms with Crippen LogP contribution in [-0.4, -0.2) is 76.1 Å². The van der Waals surface area contributed by atoms with Crippen LogP contribution >= 0.6 is 0 Å². The minimum atomic E-state index is -0.893. The number of Topliss-reactive ketones (excluding diaryl/α,β-unsaturated/α-hetero) is 1. The number of piperidine rings is 1. The van der Waals surface area contributed by atoms with Gasteiger partial charge in [-0.2, -0.15) is 0 Å². The first-order chi connectivity index (χ1) is 26.0. The van der Waals surface area contributed by atoms with Crippen molar-refractivity contribution < 1.29 is 38.9 Å². The number of ketones is 1. The number of methoxy groups -OCH3 is 1. The van der Waals surface area contributed by atoms with Crippen LogP contribution in [0.25, 0.3) is 6.08 Å². The minimum absolute atomic E-state index is 0.00546. The molecule has 54 heavy (non-hydrogen) atoms.